The first-order valence-corrected chi connectivity index (χ1v) is 5.61. The second-order valence-corrected chi connectivity index (χ2v) is 4.01. The molecule has 0 aliphatic carbocycles. The van der Waals surface area contributed by atoms with Crippen molar-refractivity contribution in [2.45, 2.75) is 59.0 Å². The topological polar surface area (TPSA) is 29.3 Å². The average Bonchev–Trinajstić information content (AvgIpc) is 2.11. The minimum atomic E-state index is 0.357. The Labute approximate surface area is 83.5 Å². The van der Waals surface area contributed by atoms with Crippen molar-refractivity contribution < 1.29 is 0 Å². The van der Waals surface area contributed by atoms with Crippen LogP contribution in [0.25, 0.3) is 0 Å². The van der Waals surface area contributed by atoms with E-state index in [-0.39, 0.29) is 0 Å². The van der Waals surface area contributed by atoms with E-state index < -0.39 is 0 Å². The van der Waals surface area contributed by atoms with Gasteiger partial charge in [-0.05, 0) is 46.2 Å². The summed E-state index contributed by atoms with van der Waals surface area (Å²) in [6, 6.07) is 1.08. The maximum atomic E-state index is 5.71. The second kappa shape index (κ2) is 7.34. The van der Waals surface area contributed by atoms with E-state index in [1.54, 1.807) is 0 Å². The first-order chi connectivity index (χ1) is 6.11. The van der Waals surface area contributed by atoms with Crippen molar-refractivity contribution in [3.8, 4) is 0 Å². The van der Waals surface area contributed by atoms with Crippen LogP contribution in [0.4, 0.5) is 0 Å². The Hall–Kier alpha value is -0.0800. The summed E-state index contributed by atoms with van der Waals surface area (Å²) in [7, 11) is 0. The highest BCUT2D eigenvalue weighted by Gasteiger charge is 2.08. The average molecular weight is 186 g/mol. The van der Waals surface area contributed by atoms with Crippen LogP contribution in [0.2, 0.25) is 0 Å². The van der Waals surface area contributed by atoms with E-state index in [1.807, 2.05) is 0 Å². The molecule has 0 aromatic carbocycles. The zero-order valence-corrected chi connectivity index (χ0v) is 9.71. The Bertz CT molecular complexity index is 113. The fourth-order valence-corrected chi connectivity index (χ4v) is 1.56. The van der Waals surface area contributed by atoms with Gasteiger partial charge in [0, 0.05) is 12.1 Å². The minimum Gasteiger partial charge on any atom is -0.328 e. The molecule has 0 saturated carbocycles. The van der Waals surface area contributed by atoms with Crippen LogP contribution in [0, 0.1) is 0 Å². The molecular weight excluding hydrogens is 160 g/mol. The fourth-order valence-electron chi connectivity index (χ4n) is 1.56. The molecule has 0 heterocycles. The lowest BCUT2D eigenvalue weighted by atomic mass is 10.1. The van der Waals surface area contributed by atoms with Crippen LogP contribution < -0.4 is 5.73 Å². The highest BCUT2D eigenvalue weighted by molar-refractivity contribution is 4.65. The molecule has 0 radical (unpaired) electrons. The van der Waals surface area contributed by atoms with Crippen molar-refractivity contribution >= 4 is 0 Å². The van der Waals surface area contributed by atoms with Gasteiger partial charge in [0.1, 0.15) is 0 Å². The van der Waals surface area contributed by atoms with Gasteiger partial charge in [0.05, 0.1) is 0 Å². The van der Waals surface area contributed by atoms with E-state index in [0.717, 1.165) is 19.0 Å². The van der Waals surface area contributed by atoms with Gasteiger partial charge >= 0.3 is 0 Å². The third kappa shape index (κ3) is 6.05. The van der Waals surface area contributed by atoms with Gasteiger partial charge < -0.3 is 10.6 Å². The van der Waals surface area contributed by atoms with Crippen LogP contribution >= 0.6 is 0 Å². The molecule has 2 N–H and O–H groups in total. The maximum Gasteiger partial charge on any atom is 0.00641 e. The van der Waals surface area contributed by atoms with Crippen LogP contribution in [0.1, 0.15) is 47.0 Å². The fraction of sp³-hybridized carbons (Fsp3) is 1.00. The predicted molar refractivity (Wildman–Crippen MR) is 59.9 cm³/mol. The molecule has 0 saturated heterocycles. The summed E-state index contributed by atoms with van der Waals surface area (Å²) < 4.78 is 0. The summed E-state index contributed by atoms with van der Waals surface area (Å²) in [5, 5.41) is 0. The predicted octanol–water partition coefficient (Wildman–Crippen LogP) is 2.23. The Morgan fingerprint density at radius 1 is 1.23 bits per heavy atom. The Morgan fingerprint density at radius 3 is 2.23 bits per heavy atom. The van der Waals surface area contributed by atoms with Gasteiger partial charge in [-0.2, -0.15) is 0 Å². The molecule has 2 unspecified atom stereocenters. The van der Waals surface area contributed by atoms with E-state index in [9.17, 15) is 0 Å². The number of hydrogen-bond acceptors (Lipinski definition) is 2. The van der Waals surface area contributed by atoms with Crippen molar-refractivity contribution in [3.63, 3.8) is 0 Å². The van der Waals surface area contributed by atoms with Crippen molar-refractivity contribution in [2.75, 3.05) is 13.1 Å². The summed E-state index contributed by atoms with van der Waals surface area (Å²) in [5.74, 6) is 0. The van der Waals surface area contributed by atoms with Gasteiger partial charge in [-0.1, -0.05) is 13.8 Å². The van der Waals surface area contributed by atoms with Gasteiger partial charge in [-0.15, -0.1) is 0 Å². The number of nitrogens with two attached hydrogens (primary N) is 1. The van der Waals surface area contributed by atoms with E-state index >= 15 is 0 Å². The summed E-state index contributed by atoms with van der Waals surface area (Å²) in [5.41, 5.74) is 5.71. The summed E-state index contributed by atoms with van der Waals surface area (Å²) in [4.78, 5) is 2.53. The molecule has 2 atom stereocenters. The minimum absolute atomic E-state index is 0.357. The lowest BCUT2D eigenvalue weighted by molar-refractivity contribution is 0.209. The number of nitrogens with zero attached hydrogens (tertiary/aromatic N) is 1. The quantitative estimate of drug-likeness (QED) is 0.660. The molecule has 2 nitrogen and oxygen atoms in total. The zero-order chi connectivity index (χ0) is 10.3. The number of rotatable bonds is 7. The molecule has 13 heavy (non-hydrogen) atoms. The van der Waals surface area contributed by atoms with Crippen LogP contribution in [-0.2, 0) is 0 Å². The SMILES string of the molecule is CCC(C)N(CC)CCCC(C)N. The molecule has 0 amide bonds. The van der Waals surface area contributed by atoms with E-state index in [0.29, 0.717) is 6.04 Å². The van der Waals surface area contributed by atoms with Crippen molar-refractivity contribution in [3.05, 3.63) is 0 Å². The Balaban J connectivity index is 3.59. The molecular formula is C11H26N2. The summed E-state index contributed by atoms with van der Waals surface area (Å²) >= 11 is 0. The van der Waals surface area contributed by atoms with Gasteiger partial charge in [-0.25, -0.2) is 0 Å². The van der Waals surface area contributed by atoms with Crippen LogP contribution in [0.5, 0.6) is 0 Å². The van der Waals surface area contributed by atoms with E-state index in [1.165, 1.54) is 19.4 Å². The molecule has 2 heteroatoms. The van der Waals surface area contributed by atoms with E-state index in [2.05, 4.69) is 32.6 Å². The van der Waals surface area contributed by atoms with Crippen molar-refractivity contribution in [1.29, 1.82) is 0 Å². The van der Waals surface area contributed by atoms with Crippen molar-refractivity contribution in [1.82, 2.24) is 4.90 Å². The molecule has 0 aliphatic rings. The molecule has 0 aliphatic heterocycles. The zero-order valence-electron chi connectivity index (χ0n) is 9.71. The molecule has 0 fully saturated rings. The highest BCUT2D eigenvalue weighted by Crippen LogP contribution is 2.05. The molecule has 0 aromatic rings. The lowest BCUT2D eigenvalue weighted by Gasteiger charge is -2.27. The molecule has 0 bridgehead atoms. The molecule has 0 rings (SSSR count). The number of hydrogen-bond donors (Lipinski definition) is 1. The lowest BCUT2D eigenvalue weighted by Crippen LogP contribution is -2.33. The van der Waals surface area contributed by atoms with Gasteiger partial charge in [-0.3, -0.25) is 0 Å². The molecule has 80 valence electrons. The highest BCUT2D eigenvalue weighted by atomic mass is 15.1. The normalized spacial score (nSPS) is 16.2. The first kappa shape index (κ1) is 12.9. The van der Waals surface area contributed by atoms with Gasteiger partial charge in [0.25, 0.3) is 0 Å². The van der Waals surface area contributed by atoms with Crippen molar-refractivity contribution in [2.24, 2.45) is 5.73 Å². The van der Waals surface area contributed by atoms with E-state index in [4.69, 9.17) is 5.73 Å². The first-order valence-electron chi connectivity index (χ1n) is 5.61. The van der Waals surface area contributed by atoms with Gasteiger partial charge in [0.15, 0.2) is 0 Å². The van der Waals surface area contributed by atoms with Crippen LogP contribution in [0.15, 0.2) is 0 Å². The third-order valence-electron chi connectivity index (χ3n) is 2.73. The monoisotopic (exact) mass is 186 g/mol. The summed E-state index contributed by atoms with van der Waals surface area (Å²) in [6.45, 7) is 11.2. The van der Waals surface area contributed by atoms with Crippen LogP contribution in [0.3, 0.4) is 0 Å². The molecule has 0 aromatic heterocycles. The Kier molecular flexibility index (Phi) is 7.29. The second-order valence-electron chi connectivity index (χ2n) is 4.01. The largest absolute Gasteiger partial charge is 0.328 e. The molecule has 0 spiro atoms. The smallest absolute Gasteiger partial charge is 0.00641 e. The maximum absolute atomic E-state index is 5.71. The van der Waals surface area contributed by atoms with Crippen LogP contribution in [-0.4, -0.2) is 30.1 Å². The summed E-state index contributed by atoms with van der Waals surface area (Å²) in [6.07, 6.45) is 3.62. The Morgan fingerprint density at radius 2 is 1.85 bits per heavy atom. The third-order valence-corrected chi connectivity index (χ3v) is 2.73. The standard InChI is InChI=1S/C11H26N2/c1-5-11(4)13(6-2)9-7-8-10(3)12/h10-11H,5-9,12H2,1-4H3. The van der Waals surface area contributed by atoms with Gasteiger partial charge in [0.2, 0.25) is 0 Å².